The van der Waals surface area contributed by atoms with Crippen LogP contribution >= 0.6 is 0 Å². The monoisotopic (exact) mass is 251 g/mol. The van der Waals surface area contributed by atoms with Crippen LogP contribution in [0.1, 0.15) is 41.1 Å². The van der Waals surface area contributed by atoms with Gasteiger partial charge in [0.2, 0.25) is 0 Å². The second-order valence-electron chi connectivity index (χ2n) is 4.84. The van der Waals surface area contributed by atoms with Crippen molar-refractivity contribution in [2.24, 2.45) is 5.92 Å². The van der Waals surface area contributed by atoms with E-state index in [1.165, 1.54) is 0 Å². The highest BCUT2D eigenvalue weighted by Crippen LogP contribution is 2.34. The molecule has 1 aromatic heterocycles. The van der Waals surface area contributed by atoms with E-state index in [9.17, 15) is 9.59 Å². The fourth-order valence-corrected chi connectivity index (χ4v) is 2.12. The van der Waals surface area contributed by atoms with Gasteiger partial charge in [-0.2, -0.15) is 0 Å². The second-order valence-corrected chi connectivity index (χ2v) is 4.84. The summed E-state index contributed by atoms with van der Waals surface area (Å²) in [4.78, 5) is 22.8. The minimum Gasteiger partial charge on any atom is -0.481 e. The Balaban J connectivity index is 2.04. The average molecular weight is 251 g/mol. The van der Waals surface area contributed by atoms with E-state index >= 15 is 0 Å². The van der Waals surface area contributed by atoms with Crippen LogP contribution in [0.2, 0.25) is 0 Å². The molecule has 0 aromatic carbocycles. The molecule has 0 bridgehead atoms. The number of amides is 1. The van der Waals surface area contributed by atoms with Gasteiger partial charge in [0, 0.05) is 6.04 Å². The third-order valence-corrected chi connectivity index (χ3v) is 3.19. The summed E-state index contributed by atoms with van der Waals surface area (Å²) in [5.74, 6) is 0.418. The number of carbonyl (C=O) groups excluding carboxylic acids is 1. The molecule has 5 heteroatoms. The van der Waals surface area contributed by atoms with Gasteiger partial charge >= 0.3 is 5.97 Å². The Morgan fingerprint density at radius 3 is 2.61 bits per heavy atom. The number of aliphatic carboxylic acids is 1. The zero-order valence-corrected chi connectivity index (χ0v) is 10.5. The van der Waals surface area contributed by atoms with Crippen molar-refractivity contribution in [1.29, 1.82) is 0 Å². The average Bonchev–Trinajstić information content (AvgIpc) is 3.03. The highest BCUT2D eigenvalue weighted by Gasteiger charge is 2.34. The van der Waals surface area contributed by atoms with Gasteiger partial charge < -0.3 is 14.8 Å². The van der Waals surface area contributed by atoms with Gasteiger partial charge in [0.25, 0.3) is 5.91 Å². The van der Waals surface area contributed by atoms with Crippen LogP contribution in [0.5, 0.6) is 0 Å². The molecule has 1 aliphatic carbocycles. The Morgan fingerprint density at radius 2 is 2.17 bits per heavy atom. The van der Waals surface area contributed by atoms with Gasteiger partial charge in [0.1, 0.15) is 11.5 Å². The standard InChI is InChI=1S/C13H17NO4/c1-7-5-10(8(2)18-7)13(17)14-11(6-12(15)16)9-3-4-9/h5,9,11H,3-4,6H2,1-2H3,(H,14,17)(H,15,16). The number of hydrogen-bond acceptors (Lipinski definition) is 3. The van der Waals surface area contributed by atoms with Gasteiger partial charge in [-0.05, 0) is 38.7 Å². The van der Waals surface area contributed by atoms with Crippen LogP contribution in [0, 0.1) is 19.8 Å². The Hall–Kier alpha value is -1.78. The number of carboxylic acids is 1. The number of carboxylic acid groups (broad SMARTS) is 1. The largest absolute Gasteiger partial charge is 0.481 e. The SMILES string of the molecule is Cc1cc(C(=O)NC(CC(=O)O)C2CC2)c(C)o1. The molecule has 0 aliphatic heterocycles. The zero-order chi connectivity index (χ0) is 13.3. The molecule has 1 fully saturated rings. The zero-order valence-electron chi connectivity index (χ0n) is 10.5. The van der Waals surface area contributed by atoms with Gasteiger partial charge in [-0.25, -0.2) is 0 Å². The first-order chi connectivity index (χ1) is 8.47. The summed E-state index contributed by atoms with van der Waals surface area (Å²) in [6, 6.07) is 1.40. The topological polar surface area (TPSA) is 79.5 Å². The molecule has 1 unspecified atom stereocenters. The fraction of sp³-hybridized carbons (Fsp3) is 0.538. The lowest BCUT2D eigenvalue weighted by Crippen LogP contribution is -2.38. The summed E-state index contributed by atoms with van der Waals surface area (Å²) in [6.07, 6.45) is 1.95. The molecule has 1 atom stereocenters. The first-order valence-corrected chi connectivity index (χ1v) is 6.07. The first-order valence-electron chi connectivity index (χ1n) is 6.07. The third-order valence-electron chi connectivity index (χ3n) is 3.19. The molecule has 0 spiro atoms. The Morgan fingerprint density at radius 1 is 1.50 bits per heavy atom. The third kappa shape index (κ3) is 2.91. The molecule has 1 saturated carbocycles. The summed E-state index contributed by atoms with van der Waals surface area (Å²) in [6.45, 7) is 3.50. The van der Waals surface area contributed by atoms with E-state index in [0.29, 0.717) is 23.0 Å². The number of hydrogen-bond donors (Lipinski definition) is 2. The molecular weight excluding hydrogens is 234 g/mol. The van der Waals surface area contributed by atoms with Crippen LogP contribution in [0.25, 0.3) is 0 Å². The van der Waals surface area contributed by atoms with E-state index < -0.39 is 5.97 Å². The van der Waals surface area contributed by atoms with Gasteiger partial charge in [-0.3, -0.25) is 9.59 Å². The van der Waals surface area contributed by atoms with Crippen molar-refractivity contribution in [1.82, 2.24) is 5.32 Å². The molecule has 5 nitrogen and oxygen atoms in total. The van der Waals surface area contributed by atoms with E-state index in [1.807, 2.05) is 0 Å². The smallest absolute Gasteiger partial charge is 0.305 e. The highest BCUT2D eigenvalue weighted by molar-refractivity contribution is 5.95. The summed E-state index contributed by atoms with van der Waals surface area (Å²) in [7, 11) is 0. The van der Waals surface area contributed by atoms with Crippen molar-refractivity contribution in [3.8, 4) is 0 Å². The maximum atomic E-state index is 12.0. The van der Waals surface area contributed by atoms with Gasteiger partial charge in [0.15, 0.2) is 0 Å². The predicted molar refractivity (Wildman–Crippen MR) is 64.4 cm³/mol. The highest BCUT2D eigenvalue weighted by atomic mass is 16.4. The Bertz CT molecular complexity index is 473. The van der Waals surface area contributed by atoms with E-state index in [0.717, 1.165) is 12.8 Å². The lowest BCUT2D eigenvalue weighted by Gasteiger charge is -2.15. The number of aryl methyl sites for hydroxylation is 2. The molecule has 1 aliphatic rings. The van der Waals surface area contributed by atoms with Gasteiger partial charge in [-0.1, -0.05) is 0 Å². The molecular formula is C13H17NO4. The molecule has 0 saturated heterocycles. The lowest BCUT2D eigenvalue weighted by molar-refractivity contribution is -0.137. The number of carbonyl (C=O) groups is 2. The lowest BCUT2D eigenvalue weighted by atomic mass is 10.1. The van der Waals surface area contributed by atoms with Crippen molar-refractivity contribution < 1.29 is 19.1 Å². The van der Waals surface area contributed by atoms with E-state index in [-0.39, 0.29) is 18.4 Å². The molecule has 1 heterocycles. The Labute approximate surface area is 105 Å². The molecule has 18 heavy (non-hydrogen) atoms. The predicted octanol–water partition coefficient (Wildman–Crippen LogP) is 1.88. The number of nitrogens with one attached hydrogen (secondary N) is 1. The molecule has 1 aromatic rings. The van der Waals surface area contributed by atoms with E-state index in [2.05, 4.69) is 5.32 Å². The summed E-state index contributed by atoms with van der Waals surface area (Å²) in [5.41, 5.74) is 0.489. The van der Waals surface area contributed by atoms with Crippen molar-refractivity contribution in [2.75, 3.05) is 0 Å². The maximum Gasteiger partial charge on any atom is 0.305 e. The summed E-state index contributed by atoms with van der Waals surface area (Å²) >= 11 is 0. The van der Waals surface area contributed by atoms with Crippen LogP contribution in [-0.4, -0.2) is 23.0 Å². The number of rotatable bonds is 5. The van der Waals surface area contributed by atoms with Crippen LogP contribution in [-0.2, 0) is 4.79 Å². The van der Waals surface area contributed by atoms with Crippen molar-refractivity contribution in [2.45, 2.75) is 39.2 Å². The number of furan rings is 1. The van der Waals surface area contributed by atoms with E-state index in [4.69, 9.17) is 9.52 Å². The fourth-order valence-electron chi connectivity index (χ4n) is 2.12. The minimum atomic E-state index is -0.882. The van der Waals surface area contributed by atoms with Gasteiger partial charge in [-0.15, -0.1) is 0 Å². The van der Waals surface area contributed by atoms with Crippen LogP contribution in [0.3, 0.4) is 0 Å². The van der Waals surface area contributed by atoms with Crippen LogP contribution in [0.4, 0.5) is 0 Å². The quantitative estimate of drug-likeness (QED) is 0.837. The minimum absolute atomic E-state index is 0.0215. The first kappa shape index (κ1) is 12.7. The normalized spacial score (nSPS) is 16.3. The van der Waals surface area contributed by atoms with Crippen molar-refractivity contribution in [3.63, 3.8) is 0 Å². The second kappa shape index (κ2) is 4.84. The van der Waals surface area contributed by atoms with Crippen LogP contribution in [0.15, 0.2) is 10.5 Å². The molecule has 2 N–H and O–H groups in total. The van der Waals surface area contributed by atoms with Gasteiger partial charge in [0.05, 0.1) is 12.0 Å². The molecule has 0 radical (unpaired) electrons. The summed E-state index contributed by atoms with van der Waals surface area (Å²) < 4.78 is 5.30. The molecule has 2 rings (SSSR count). The van der Waals surface area contributed by atoms with E-state index in [1.54, 1.807) is 19.9 Å². The molecule has 98 valence electrons. The molecule has 1 amide bonds. The Kier molecular flexibility index (Phi) is 3.41. The van der Waals surface area contributed by atoms with Crippen molar-refractivity contribution >= 4 is 11.9 Å². The van der Waals surface area contributed by atoms with Crippen molar-refractivity contribution in [3.05, 3.63) is 23.2 Å². The van der Waals surface area contributed by atoms with Crippen LogP contribution < -0.4 is 5.32 Å². The maximum absolute atomic E-state index is 12.0. The summed E-state index contributed by atoms with van der Waals surface area (Å²) in [5, 5.41) is 11.6.